The van der Waals surface area contributed by atoms with E-state index in [-0.39, 0.29) is 23.8 Å². The van der Waals surface area contributed by atoms with Gasteiger partial charge in [-0.1, -0.05) is 24.3 Å². The van der Waals surface area contributed by atoms with Crippen LogP contribution in [-0.4, -0.2) is 17.3 Å². The van der Waals surface area contributed by atoms with Gasteiger partial charge in [0.2, 0.25) is 0 Å². The highest BCUT2D eigenvalue weighted by Gasteiger charge is 2.32. The van der Waals surface area contributed by atoms with Crippen LogP contribution < -0.4 is 0 Å². The van der Waals surface area contributed by atoms with Gasteiger partial charge in [-0.05, 0) is 12.2 Å². The van der Waals surface area contributed by atoms with Gasteiger partial charge in [-0.2, -0.15) is 0 Å². The van der Waals surface area contributed by atoms with Crippen molar-refractivity contribution in [1.29, 1.82) is 0 Å². The van der Waals surface area contributed by atoms with Gasteiger partial charge in [0.1, 0.15) is 0 Å². The fourth-order valence-corrected chi connectivity index (χ4v) is 2.21. The van der Waals surface area contributed by atoms with Crippen molar-refractivity contribution in [1.82, 2.24) is 0 Å². The molecule has 3 nitrogen and oxygen atoms in total. The summed E-state index contributed by atoms with van der Waals surface area (Å²) in [5, 5.41) is 0. The van der Waals surface area contributed by atoms with E-state index in [1.807, 2.05) is 0 Å². The fraction of sp³-hybridized carbons (Fsp3) is 0.0714. The number of fused-ring (bicyclic) bond motifs is 1. The van der Waals surface area contributed by atoms with Gasteiger partial charge >= 0.3 is 0 Å². The summed E-state index contributed by atoms with van der Waals surface area (Å²) < 4.78 is 0. The van der Waals surface area contributed by atoms with E-state index < -0.39 is 0 Å². The maximum Gasteiger partial charge on any atom is 0.194 e. The monoisotopic (exact) mass is 224 g/mol. The van der Waals surface area contributed by atoms with Crippen LogP contribution in [0.2, 0.25) is 0 Å². The quantitative estimate of drug-likeness (QED) is 0.676. The van der Waals surface area contributed by atoms with Crippen LogP contribution in [-0.2, 0) is 4.79 Å². The lowest BCUT2D eigenvalue weighted by molar-refractivity contribution is -0.114. The molecule has 0 amide bonds. The maximum atomic E-state index is 12.1. The normalized spacial score (nSPS) is 18.2. The number of ketones is 3. The topological polar surface area (TPSA) is 51.2 Å². The van der Waals surface area contributed by atoms with Crippen molar-refractivity contribution in [2.75, 3.05) is 0 Å². The Labute approximate surface area is 97.4 Å². The summed E-state index contributed by atoms with van der Waals surface area (Å²) in [5.74, 6) is -0.504. The van der Waals surface area contributed by atoms with Crippen LogP contribution in [0.15, 0.2) is 47.6 Å². The van der Waals surface area contributed by atoms with Gasteiger partial charge in [-0.15, -0.1) is 0 Å². The zero-order chi connectivity index (χ0) is 12.0. The highest BCUT2D eigenvalue weighted by Crippen LogP contribution is 2.30. The van der Waals surface area contributed by atoms with Gasteiger partial charge < -0.3 is 0 Å². The van der Waals surface area contributed by atoms with E-state index >= 15 is 0 Å². The maximum absolute atomic E-state index is 12.1. The Morgan fingerprint density at radius 3 is 2.18 bits per heavy atom. The third kappa shape index (κ3) is 1.32. The lowest BCUT2D eigenvalue weighted by atomic mass is 9.80. The Morgan fingerprint density at radius 1 is 0.824 bits per heavy atom. The minimum Gasteiger partial charge on any atom is -0.294 e. The number of hydrogen-bond acceptors (Lipinski definition) is 3. The molecule has 1 aromatic carbocycles. The molecule has 17 heavy (non-hydrogen) atoms. The van der Waals surface area contributed by atoms with Gasteiger partial charge in [-0.25, -0.2) is 0 Å². The Bertz CT molecular complexity index is 633. The molecule has 2 aliphatic rings. The molecule has 0 aliphatic heterocycles. The van der Waals surface area contributed by atoms with Crippen LogP contribution in [0.25, 0.3) is 0 Å². The van der Waals surface area contributed by atoms with Crippen molar-refractivity contribution in [3.8, 4) is 0 Å². The summed E-state index contributed by atoms with van der Waals surface area (Å²) in [6.07, 6.45) is 2.85. The molecule has 0 saturated carbocycles. The standard InChI is InChI=1S/C14H8O3/c15-8-5-6-11-12(7-8)14(17)10-4-2-1-3-9(10)13(11)16/h1-6H,7H2. The second kappa shape index (κ2) is 3.35. The number of allylic oxidation sites excluding steroid dienone is 4. The molecule has 2 aliphatic carbocycles. The van der Waals surface area contributed by atoms with Crippen molar-refractivity contribution < 1.29 is 14.4 Å². The van der Waals surface area contributed by atoms with E-state index in [1.165, 1.54) is 12.2 Å². The number of carbonyl (C=O) groups excluding carboxylic acids is 3. The van der Waals surface area contributed by atoms with Gasteiger partial charge in [-0.3, -0.25) is 14.4 Å². The van der Waals surface area contributed by atoms with E-state index in [9.17, 15) is 14.4 Å². The third-order valence-electron chi connectivity index (χ3n) is 3.05. The molecular weight excluding hydrogens is 216 g/mol. The first-order valence-electron chi connectivity index (χ1n) is 5.31. The number of benzene rings is 1. The van der Waals surface area contributed by atoms with Crippen LogP contribution in [0.1, 0.15) is 27.1 Å². The number of rotatable bonds is 0. The molecular formula is C14H8O3. The minimum atomic E-state index is -0.201. The number of Topliss-reactive ketones (excluding diaryl/α,β-unsaturated/α-hetero) is 2. The highest BCUT2D eigenvalue weighted by molar-refractivity contribution is 6.30. The van der Waals surface area contributed by atoms with Crippen molar-refractivity contribution >= 4 is 17.3 Å². The molecule has 0 fully saturated rings. The van der Waals surface area contributed by atoms with Crippen LogP contribution in [0, 0.1) is 0 Å². The van der Waals surface area contributed by atoms with Gasteiger partial charge in [0.05, 0.1) is 0 Å². The summed E-state index contributed by atoms with van der Waals surface area (Å²) in [5.41, 5.74) is 1.53. The molecule has 0 unspecified atom stereocenters. The van der Waals surface area contributed by atoms with Crippen LogP contribution in [0.5, 0.6) is 0 Å². The van der Waals surface area contributed by atoms with Crippen molar-refractivity contribution in [2.45, 2.75) is 6.42 Å². The molecule has 0 bridgehead atoms. The zero-order valence-electron chi connectivity index (χ0n) is 8.90. The zero-order valence-corrected chi connectivity index (χ0v) is 8.90. The first kappa shape index (κ1) is 9.90. The Hall–Kier alpha value is -2.29. The van der Waals surface area contributed by atoms with Crippen molar-refractivity contribution in [2.24, 2.45) is 0 Å². The summed E-state index contributed by atoms with van der Waals surface area (Å²) in [6, 6.07) is 6.72. The second-order valence-corrected chi connectivity index (χ2v) is 4.07. The van der Waals surface area contributed by atoms with Crippen LogP contribution >= 0.6 is 0 Å². The van der Waals surface area contributed by atoms with E-state index in [0.29, 0.717) is 22.3 Å². The summed E-state index contributed by atoms with van der Waals surface area (Å²) in [7, 11) is 0. The molecule has 3 rings (SSSR count). The van der Waals surface area contributed by atoms with E-state index in [1.54, 1.807) is 24.3 Å². The van der Waals surface area contributed by atoms with Gasteiger partial charge in [0, 0.05) is 28.7 Å². The summed E-state index contributed by atoms with van der Waals surface area (Å²) >= 11 is 0. The van der Waals surface area contributed by atoms with Crippen LogP contribution in [0.3, 0.4) is 0 Å². The SMILES string of the molecule is O=C1C=CC2=C(C1)C(=O)c1ccccc1C2=O. The predicted molar refractivity (Wildman–Crippen MR) is 60.9 cm³/mol. The summed E-state index contributed by atoms with van der Waals surface area (Å²) in [6.45, 7) is 0. The minimum absolute atomic E-state index is 0.0325. The fourth-order valence-electron chi connectivity index (χ4n) is 2.21. The summed E-state index contributed by atoms with van der Waals surface area (Å²) in [4.78, 5) is 35.6. The van der Waals surface area contributed by atoms with E-state index in [4.69, 9.17) is 0 Å². The van der Waals surface area contributed by atoms with Crippen molar-refractivity contribution in [3.63, 3.8) is 0 Å². The van der Waals surface area contributed by atoms with E-state index in [0.717, 1.165) is 0 Å². The molecule has 0 N–H and O–H groups in total. The average molecular weight is 224 g/mol. The first-order valence-corrected chi connectivity index (χ1v) is 5.31. The van der Waals surface area contributed by atoms with Gasteiger partial charge in [0.15, 0.2) is 17.3 Å². The third-order valence-corrected chi connectivity index (χ3v) is 3.05. The number of hydrogen-bond donors (Lipinski definition) is 0. The Kier molecular flexibility index (Phi) is 1.95. The lowest BCUT2D eigenvalue weighted by Crippen LogP contribution is -2.24. The molecule has 0 aromatic heterocycles. The lowest BCUT2D eigenvalue weighted by Gasteiger charge is -2.20. The molecule has 3 heteroatoms. The molecule has 0 saturated heterocycles. The predicted octanol–water partition coefficient (Wildman–Crippen LogP) is 1.89. The molecule has 1 aromatic rings. The Morgan fingerprint density at radius 2 is 1.47 bits per heavy atom. The highest BCUT2D eigenvalue weighted by atomic mass is 16.1. The van der Waals surface area contributed by atoms with E-state index in [2.05, 4.69) is 0 Å². The molecule has 0 spiro atoms. The van der Waals surface area contributed by atoms with Gasteiger partial charge in [0.25, 0.3) is 0 Å². The van der Waals surface area contributed by atoms with Crippen LogP contribution in [0.4, 0.5) is 0 Å². The van der Waals surface area contributed by atoms with Crippen molar-refractivity contribution in [3.05, 3.63) is 58.7 Å². The number of carbonyl (C=O) groups is 3. The average Bonchev–Trinajstić information content (AvgIpc) is 2.36. The Balaban J connectivity index is 2.25. The molecule has 82 valence electrons. The smallest absolute Gasteiger partial charge is 0.194 e. The largest absolute Gasteiger partial charge is 0.294 e. The molecule has 0 heterocycles. The molecule has 0 atom stereocenters. The second-order valence-electron chi connectivity index (χ2n) is 4.07. The molecule has 0 radical (unpaired) electrons. The first-order chi connectivity index (χ1) is 8.18.